The van der Waals surface area contributed by atoms with Crippen molar-refractivity contribution in [1.82, 2.24) is 19.9 Å². The Bertz CT molecular complexity index is 877. The van der Waals surface area contributed by atoms with E-state index < -0.39 is 0 Å². The van der Waals surface area contributed by atoms with Crippen LogP contribution in [0.3, 0.4) is 0 Å². The van der Waals surface area contributed by atoms with Gasteiger partial charge < -0.3 is 15.1 Å². The van der Waals surface area contributed by atoms with E-state index in [2.05, 4.69) is 15.0 Å². The normalized spacial score (nSPS) is 16.7. The number of aromatic nitrogens is 4. The van der Waals surface area contributed by atoms with E-state index in [1.165, 1.54) is 12.4 Å². The fourth-order valence-electron chi connectivity index (χ4n) is 3.08. The SMILES string of the molecule is O=C(c1ccc[n+]([O-])c1)N1CCc2[nH]cnc2C1c1ccccn1. The number of nitrogens with zero attached hydrogens (tertiary/aromatic N) is 4. The number of aromatic amines is 1. The maximum absolute atomic E-state index is 13.0. The summed E-state index contributed by atoms with van der Waals surface area (Å²) in [4.78, 5) is 26.6. The highest BCUT2D eigenvalue weighted by molar-refractivity contribution is 5.94. The molecule has 0 aromatic carbocycles. The van der Waals surface area contributed by atoms with Gasteiger partial charge in [0.25, 0.3) is 5.91 Å². The van der Waals surface area contributed by atoms with Crippen LogP contribution in [0.15, 0.2) is 55.2 Å². The van der Waals surface area contributed by atoms with E-state index in [4.69, 9.17) is 0 Å². The maximum Gasteiger partial charge on any atom is 0.260 e. The highest BCUT2D eigenvalue weighted by Crippen LogP contribution is 2.33. The highest BCUT2D eigenvalue weighted by Gasteiger charge is 2.35. The largest absolute Gasteiger partial charge is 0.619 e. The number of hydrogen-bond donors (Lipinski definition) is 1. The second-order valence-corrected chi connectivity index (χ2v) is 5.62. The van der Waals surface area contributed by atoms with Crippen LogP contribution in [0.25, 0.3) is 0 Å². The number of carbonyl (C=O) groups is 1. The van der Waals surface area contributed by atoms with E-state index in [1.807, 2.05) is 18.2 Å². The van der Waals surface area contributed by atoms with Crippen LogP contribution in [0.5, 0.6) is 0 Å². The highest BCUT2D eigenvalue weighted by atomic mass is 16.5. The molecule has 7 heteroatoms. The van der Waals surface area contributed by atoms with E-state index >= 15 is 0 Å². The third-order valence-corrected chi connectivity index (χ3v) is 4.18. The number of carbonyl (C=O) groups excluding carboxylic acids is 1. The van der Waals surface area contributed by atoms with Gasteiger partial charge in [-0.1, -0.05) is 6.07 Å². The van der Waals surface area contributed by atoms with Crippen molar-refractivity contribution in [3.05, 3.63) is 83.1 Å². The Morgan fingerprint density at radius 1 is 1.29 bits per heavy atom. The molecular weight excluding hydrogens is 306 g/mol. The van der Waals surface area contributed by atoms with Crippen molar-refractivity contribution in [2.75, 3.05) is 6.54 Å². The van der Waals surface area contributed by atoms with Crippen molar-refractivity contribution in [1.29, 1.82) is 0 Å². The monoisotopic (exact) mass is 321 g/mol. The molecule has 7 nitrogen and oxygen atoms in total. The van der Waals surface area contributed by atoms with Crippen molar-refractivity contribution in [3.8, 4) is 0 Å². The molecule has 1 N–H and O–H groups in total. The Balaban J connectivity index is 1.78. The summed E-state index contributed by atoms with van der Waals surface area (Å²) < 4.78 is 0.632. The van der Waals surface area contributed by atoms with Crippen molar-refractivity contribution in [2.24, 2.45) is 0 Å². The molecule has 0 spiro atoms. The molecular formula is C17H15N5O2. The molecule has 24 heavy (non-hydrogen) atoms. The minimum absolute atomic E-state index is 0.204. The van der Waals surface area contributed by atoms with E-state index in [1.54, 1.807) is 29.6 Å². The molecule has 1 unspecified atom stereocenters. The molecule has 3 aromatic heterocycles. The smallest absolute Gasteiger partial charge is 0.260 e. The lowest BCUT2D eigenvalue weighted by Crippen LogP contribution is -2.42. The van der Waals surface area contributed by atoms with Crippen LogP contribution in [-0.4, -0.2) is 32.3 Å². The zero-order valence-electron chi connectivity index (χ0n) is 12.8. The number of hydrogen-bond acceptors (Lipinski definition) is 4. The van der Waals surface area contributed by atoms with Gasteiger partial charge in [-0.2, -0.15) is 4.73 Å². The number of imidazole rings is 1. The molecule has 0 saturated heterocycles. The zero-order valence-corrected chi connectivity index (χ0v) is 12.8. The number of H-pyrrole nitrogens is 1. The molecule has 1 atom stereocenters. The molecule has 0 aliphatic carbocycles. The quantitative estimate of drug-likeness (QED) is 0.568. The van der Waals surface area contributed by atoms with Crippen molar-refractivity contribution in [2.45, 2.75) is 12.5 Å². The molecule has 4 rings (SSSR count). The molecule has 1 aliphatic rings. The molecule has 0 radical (unpaired) electrons. The Hall–Kier alpha value is -3.22. The van der Waals surface area contributed by atoms with E-state index in [-0.39, 0.29) is 11.9 Å². The van der Waals surface area contributed by atoms with Gasteiger partial charge in [0, 0.05) is 30.9 Å². The number of rotatable bonds is 2. The van der Waals surface area contributed by atoms with Crippen molar-refractivity contribution >= 4 is 5.91 Å². The maximum atomic E-state index is 13.0. The summed E-state index contributed by atoms with van der Waals surface area (Å²) in [5.74, 6) is -0.204. The summed E-state index contributed by atoms with van der Waals surface area (Å²) in [6, 6.07) is 8.45. The molecule has 0 saturated carbocycles. The minimum Gasteiger partial charge on any atom is -0.619 e. The number of amides is 1. The summed E-state index contributed by atoms with van der Waals surface area (Å²) in [6.45, 7) is 0.531. The Kier molecular flexibility index (Phi) is 3.45. The second-order valence-electron chi connectivity index (χ2n) is 5.62. The Morgan fingerprint density at radius 2 is 2.21 bits per heavy atom. The van der Waals surface area contributed by atoms with Gasteiger partial charge in [0.05, 0.1) is 17.7 Å². The number of fused-ring (bicyclic) bond motifs is 1. The van der Waals surface area contributed by atoms with Crippen LogP contribution < -0.4 is 4.73 Å². The molecule has 0 fully saturated rings. The molecule has 3 aromatic rings. The van der Waals surface area contributed by atoms with Gasteiger partial charge in [-0.05, 0) is 18.2 Å². The number of nitrogens with one attached hydrogen (secondary N) is 1. The first-order chi connectivity index (χ1) is 11.7. The van der Waals surface area contributed by atoms with E-state index in [0.29, 0.717) is 23.3 Å². The third-order valence-electron chi connectivity index (χ3n) is 4.18. The lowest BCUT2D eigenvalue weighted by Gasteiger charge is -2.34. The second kappa shape index (κ2) is 5.77. The molecule has 0 bridgehead atoms. The van der Waals surface area contributed by atoms with Crippen LogP contribution >= 0.6 is 0 Å². The fourth-order valence-corrected chi connectivity index (χ4v) is 3.08. The summed E-state index contributed by atoms with van der Waals surface area (Å²) in [5, 5.41) is 11.5. The van der Waals surface area contributed by atoms with E-state index in [9.17, 15) is 10.0 Å². The Labute approximate surface area is 138 Å². The standard InChI is InChI=1S/C17H15N5O2/c23-17(12-4-3-8-21(24)10-12)22-9-6-13-15(20-11-19-13)16(22)14-5-1-2-7-18-14/h1-5,7-8,10-11,16H,6,9H2,(H,19,20). The van der Waals surface area contributed by atoms with Crippen LogP contribution in [-0.2, 0) is 6.42 Å². The first kappa shape index (κ1) is 14.4. The van der Waals surface area contributed by atoms with Gasteiger partial charge in [-0.15, -0.1) is 0 Å². The Morgan fingerprint density at radius 3 is 3.00 bits per heavy atom. The topological polar surface area (TPSA) is 88.8 Å². The molecule has 1 aliphatic heterocycles. The van der Waals surface area contributed by atoms with Crippen LogP contribution in [0.1, 0.15) is 33.5 Å². The lowest BCUT2D eigenvalue weighted by atomic mass is 9.98. The predicted octanol–water partition coefficient (Wildman–Crippen LogP) is 1.23. The van der Waals surface area contributed by atoms with Crippen molar-refractivity contribution < 1.29 is 9.52 Å². The first-order valence-electron chi connectivity index (χ1n) is 7.67. The van der Waals surface area contributed by atoms with Crippen LogP contribution in [0.2, 0.25) is 0 Å². The summed E-state index contributed by atoms with van der Waals surface area (Å²) in [7, 11) is 0. The van der Waals surface area contributed by atoms with E-state index in [0.717, 1.165) is 17.1 Å². The zero-order chi connectivity index (χ0) is 16.5. The van der Waals surface area contributed by atoms with Gasteiger partial charge in [0.15, 0.2) is 12.4 Å². The van der Waals surface area contributed by atoms with Gasteiger partial charge in [-0.25, -0.2) is 4.98 Å². The van der Waals surface area contributed by atoms with Crippen LogP contribution in [0.4, 0.5) is 0 Å². The number of pyridine rings is 2. The van der Waals surface area contributed by atoms with Gasteiger partial charge in [0.2, 0.25) is 0 Å². The molecule has 1 amide bonds. The summed E-state index contributed by atoms with van der Waals surface area (Å²) in [5.41, 5.74) is 2.93. The van der Waals surface area contributed by atoms with Gasteiger partial charge in [0.1, 0.15) is 11.6 Å². The predicted molar refractivity (Wildman–Crippen MR) is 84.8 cm³/mol. The fraction of sp³-hybridized carbons (Fsp3) is 0.176. The average molecular weight is 321 g/mol. The third kappa shape index (κ3) is 2.40. The average Bonchev–Trinajstić information content (AvgIpc) is 3.09. The first-order valence-corrected chi connectivity index (χ1v) is 7.67. The summed E-state index contributed by atoms with van der Waals surface area (Å²) in [6.07, 6.45) is 6.68. The molecule has 4 heterocycles. The van der Waals surface area contributed by atoms with Crippen molar-refractivity contribution in [3.63, 3.8) is 0 Å². The lowest BCUT2D eigenvalue weighted by molar-refractivity contribution is -0.605. The molecule has 120 valence electrons. The van der Waals surface area contributed by atoms with Crippen LogP contribution in [0, 0.1) is 5.21 Å². The summed E-state index contributed by atoms with van der Waals surface area (Å²) >= 11 is 0. The van der Waals surface area contributed by atoms with Gasteiger partial charge >= 0.3 is 0 Å². The minimum atomic E-state index is -0.367. The van der Waals surface area contributed by atoms with Gasteiger partial charge in [-0.3, -0.25) is 9.78 Å².